The summed E-state index contributed by atoms with van der Waals surface area (Å²) in [5.41, 5.74) is 3.97. The molecule has 0 radical (unpaired) electrons. The van der Waals surface area contributed by atoms with Crippen molar-refractivity contribution >= 4 is 40.7 Å². The first-order valence-electron chi connectivity index (χ1n) is 10.4. The van der Waals surface area contributed by atoms with Crippen molar-refractivity contribution in [2.75, 3.05) is 6.61 Å². The quantitative estimate of drug-likeness (QED) is 0.520. The number of ether oxygens (including phenoxy) is 1. The Morgan fingerprint density at radius 1 is 1.00 bits per heavy atom. The van der Waals surface area contributed by atoms with E-state index in [2.05, 4.69) is 0 Å². The van der Waals surface area contributed by atoms with E-state index in [1.54, 1.807) is 19.1 Å². The molecule has 1 heterocycles. The van der Waals surface area contributed by atoms with Crippen LogP contribution in [0.1, 0.15) is 49.7 Å². The van der Waals surface area contributed by atoms with E-state index >= 15 is 0 Å². The number of hydrogen-bond acceptors (Lipinski definition) is 4. The highest BCUT2D eigenvalue weighted by molar-refractivity contribution is 6.30. The minimum Gasteiger partial charge on any atom is -0.465 e. The smallest absolute Gasteiger partial charge is 0.315 e. The highest BCUT2D eigenvalue weighted by Crippen LogP contribution is 2.47. The van der Waals surface area contributed by atoms with E-state index in [-0.39, 0.29) is 24.3 Å². The lowest BCUT2D eigenvalue weighted by molar-refractivity contribution is -0.146. The molecule has 2 aromatic rings. The van der Waals surface area contributed by atoms with E-state index < -0.39 is 11.8 Å². The van der Waals surface area contributed by atoms with Gasteiger partial charge in [-0.05, 0) is 61.6 Å². The monoisotopic (exact) mass is 455 g/mol. The Kier molecular flexibility index (Phi) is 6.31. The number of rotatable bonds is 4. The van der Waals surface area contributed by atoms with Crippen molar-refractivity contribution in [2.45, 2.75) is 38.5 Å². The predicted molar refractivity (Wildman–Crippen MR) is 123 cm³/mol. The molecule has 0 N–H and O–H groups in total. The van der Waals surface area contributed by atoms with Gasteiger partial charge in [0.1, 0.15) is 5.92 Å². The van der Waals surface area contributed by atoms with Crippen LogP contribution in [0, 0.1) is 5.92 Å². The van der Waals surface area contributed by atoms with Crippen molar-refractivity contribution in [3.63, 3.8) is 0 Å². The molecule has 0 spiro atoms. The summed E-state index contributed by atoms with van der Waals surface area (Å²) in [5, 5.41) is 1.27. The van der Waals surface area contributed by atoms with E-state index in [0.29, 0.717) is 34.2 Å². The second kappa shape index (κ2) is 8.97. The summed E-state index contributed by atoms with van der Waals surface area (Å²) in [6.45, 7) is 3.89. The van der Waals surface area contributed by atoms with Crippen LogP contribution in [0.2, 0.25) is 10.0 Å². The fourth-order valence-corrected chi connectivity index (χ4v) is 4.85. The van der Waals surface area contributed by atoms with Crippen molar-refractivity contribution in [1.82, 2.24) is 0 Å². The zero-order valence-corrected chi connectivity index (χ0v) is 18.9. The number of ketones is 1. The molecule has 3 atom stereocenters. The van der Waals surface area contributed by atoms with Crippen LogP contribution in [0.5, 0.6) is 0 Å². The fourth-order valence-electron chi connectivity index (χ4n) is 4.60. The molecule has 4 nitrogen and oxygen atoms in total. The number of aliphatic imine (C=N–C) groups is 1. The van der Waals surface area contributed by atoms with Gasteiger partial charge in [-0.3, -0.25) is 14.6 Å². The topological polar surface area (TPSA) is 55.7 Å². The summed E-state index contributed by atoms with van der Waals surface area (Å²) in [4.78, 5) is 31.1. The van der Waals surface area contributed by atoms with Crippen LogP contribution in [-0.2, 0) is 14.3 Å². The summed E-state index contributed by atoms with van der Waals surface area (Å²) in [7, 11) is 0. The lowest BCUT2D eigenvalue weighted by atomic mass is 9.69. The number of hydrogen-bond donors (Lipinski definition) is 0. The van der Waals surface area contributed by atoms with Crippen LogP contribution in [0.25, 0.3) is 0 Å². The molecule has 1 aliphatic carbocycles. The highest BCUT2D eigenvalue weighted by Gasteiger charge is 2.44. The number of carbonyl (C=O) groups is 2. The maximum Gasteiger partial charge on any atom is 0.315 e. The highest BCUT2D eigenvalue weighted by atomic mass is 35.5. The maximum absolute atomic E-state index is 13.4. The van der Waals surface area contributed by atoms with Crippen molar-refractivity contribution in [3.8, 4) is 0 Å². The average molecular weight is 456 g/mol. The summed E-state index contributed by atoms with van der Waals surface area (Å²) in [5.74, 6) is -1.36. The maximum atomic E-state index is 13.4. The van der Waals surface area contributed by atoms with Gasteiger partial charge < -0.3 is 4.74 Å². The first-order chi connectivity index (χ1) is 14.9. The Labute approximate surface area is 191 Å². The molecule has 0 aromatic heterocycles. The van der Waals surface area contributed by atoms with E-state index in [4.69, 9.17) is 32.9 Å². The van der Waals surface area contributed by atoms with Gasteiger partial charge in [0.05, 0.1) is 6.61 Å². The Morgan fingerprint density at radius 3 is 2.16 bits per heavy atom. The molecule has 1 unspecified atom stereocenters. The molecule has 31 heavy (non-hydrogen) atoms. The van der Waals surface area contributed by atoms with Gasteiger partial charge in [0.25, 0.3) is 0 Å². The van der Waals surface area contributed by atoms with Gasteiger partial charge in [0.15, 0.2) is 5.78 Å². The zero-order chi connectivity index (χ0) is 22.1. The summed E-state index contributed by atoms with van der Waals surface area (Å²) < 4.78 is 5.35. The van der Waals surface area contributed by atoms with Crippen molar-refractivity contribution in [1.29, 1.82) is 0 Å². The molecule has 0 saturated carbocycles. The van der Waals surface area contributed by atoms with Gasteiger partial charge in [-0.15, -0.1) is 0 Å². The molecular weight excluding hydrogens is 433 g/mol. The summed E-state index contributed by atoms with van der Waals surface area (Å²) in [6.07, 6.45) is 1.01. The Hall–Kier alpha value is -2.43. The van der Waals surface area contributed by atoms with Crippen molar-refractivity contribution < 1.29 is 14.3 Å². The number of benzene rings is 2. The molecule has 4 rings (SSSR count). The third kappa shape index (κ3) is 4.32. The Morgan fingerprint density at radius 2 is 1.58 bits per heavy atom. The standard InChI is InChI=1S/C25H23Cl2NO3/c1-3-31-25(30)22-14(2)28-20-12-17(15-4-8-18(26)9-5-15)13-21(29)24(20)23(22)16-6-10-19(27)11-7-16/h4-11,17,22-23H,3,12-13H2,1-2H3/t17-,22?,23-/m1/s1. The van der Waals surface area contributed by atoms with Crippen molar-refractivity contribution in [3.05, 3.63) is 81.0 Å². The van der Waals surface area contributed by atoms with Gasteiger partial charge in [-0.2, -0.15) is 0 Å². The van der Waals surface area contributed by atoms with Crippen LogP contribution in [0.4, 0.5) is 0 Å². The van der Waals surface area contributed by atoms with Crippen LogP contribution < -0.4 is 0 Å². The Bertz CT molecular complexity index is 1070. The second-order valence-electron chi connectivity index (χ2n) is 7.95. The molecule has 2 aromatic carbocycles. The minimum atomic E-state index is -0.629. The molecule has 0 fully saturated rings. The number of Topliss-reactive ketones (excluding diaryl/α,β-unsaturated/α-hetero) is 1. The van der Waals surface area contributed by atoms with Crippen LogP contribution in [-0.4, -0.2) is 24.1 Å². The number of carbonyl (C=O) groups excluding carboxylic acids is 2. The zero-order valence-electron chi connectivity index (χ0n) is 17.4. The van der Waals surface area contributed by atoms with Gasteiger partial charge >= 0.3 is 5.97 Å². The molecule has 160 valence electrons. The molecular formula is C25H23Cl2NO3. The second-order valence-corrected chi connectivity index (χ2v) is 8.83. The van der Waals surface area contributed by atoms with E-state index in [1.807, 2.05) is 43.3 Å². The summed E-state index contributed by atoms with van der Waals surface area (Å²) >= 11 is 12.1. The number of allylic oxidation sites excluding steroid dienone is 2. The van der Waals surface area contributed by atoms with Gasteiger partial charge in [0, 0.05) is 39.4 Å². The van der Waals surface area contributed by atoms with Crippen LogP contribution in [0.3, 0.4) is 0 Å². The normalized spacial score (nSPS) is 23.3. The predicted octanol–water partition coefficient (Wildman–Crippen LogP) is 6.13. The van der Waals surface area contributed by atoms with Crippen LogP contribution in [0.15, 0.2) is 64.8 Å². The lowest BCUT2D eigenvalue weighted by Gasteiger charge is -2.36. The van der Waals surface area contributed by atoms with Gasteiger partial charge in [0.2, 0.25) is 0 Å². The van der Waals surface area contributed by atoms with Gasteiger partial charge in [-0.1, -0.05) is 47.5 Å². The fraction of sp³-hybridized carbons (Fsp3) is 0.320. The number of halogens is 2. The molecule has 0 saturated heterocycles. The average Bonchev–Trinajstić information content (AvgIpc) is 2.74. The van der Waals surface area contributed by atoms with Gasteiger partial charge in [-0.25, -0.2) is 0 Å². The molecule has 6 heteroatoms. The molecule has 0 amide bonds. The number of nitrogens with zero attached hydrogens (tertiary/aromatic N) is 1. The summed E-state index contributed by atoms with van der Waals surface area (Å²) in [6, 6.07) is 14.9. The largest absolute Gasteiger partial charge is 0.465 e. The first kappa shape index (κ1) is 21.8. The lowest BCUT2D eigenvalue weighted by Crippen LogP contribution is -2.38. The number of esters is 1. The molecule has 0 bridgehead atoms. The Balaban J connectivity index is 1.78. The van der Waals surface area contributed by atoms with Crippen LogP contribution >= 0.6 is 23.2 Å². The third-order valence-corrected chi connectivity index (χ3v) is 6.50. The third-order valence-electron chi connectivity index (χ3n) is 6.00. The molecule has 1 aliphatic heterocycles. The van der Waals surface area contributed by atoms with E-state index in [1.165, 1.54) is 0 Å². The minimum absolute atomic E-state index is 0.0201. The van der Waals surface area contributed by atoms with E-state index in [0.717, 1.165) is 16.8 Å². The van der Waals surface area contributed by atoms with Crippen molar-refractivity contribution in [2.24, 2.45) is 10.9 Å². The molecule has 2 aliphatic rings. The van der Waals surface area contributed by atoms with E-state index in [9.17, 15) is 9.59 Å². The first-order valence-corrected chi connectivity index (χ1v) is 11.1. The SMILES string of the molecule is CCOC(=O)C1C(C)=NC2=C(C(=O)C[C@H](c3ccc(Cl)cc3)C2)[C@@H]1c1ccc(Cl)cc1.